The van der Waals surface area contributed by atoms with E-state index < -0.39 is 0 Å². The highest BCUT2D eigenvalue weighted by Crippen LogP contribution is 2.48. The Morgan fingerprint density at radius 2 is 1.77 bits per heavy atom. The van der Waals surface area contributed by atoms with Crippen LogP contribution in [0, 0.1) is 0 Å². The number of phenols is 1. The molecule has 3 heteroatoms. The summed E-state index contributed by atoms with van der Waals surface area (Å²) in [6, 6.07) is 12.5. The highest BCUT2D eigenvalue weighted by atomic mass is 16.5. The number of phenolic OH excluding ortho intramolecular Hbond substituents is 1. The summed E-state index contributed by atoms with van der Waals surface area (Å²) < 4.78 is 5.58. The number of ether oxygens (including phenoxy) is 1. The molecule has 0 aliphatic rings. The Kier molecular flexibility index (Phi) is 3.57. The first-order chi connectivity index (χ1) is 10.6. The van der Waals surface area contributed by atoms with Crippen LogP contribution in [0.4, 0.5) is 5.69 Å². The molecular formula is C19H21NO2. The molecule has 0 atom stereocenters. The number of anilines is 1. The van der Waals surface area contributed by atoms with E-state index in [1.165, 1.54) is 0 Å². The van der Waals surface area contributed by atoms with Gasteiger partial charge in [0.05, 0.1) is 12.8 Å². The van der Waals surface area contributed by atoms with Gasteiger partial charge in [-0.25, -0.2) is 0 Å². The van der Waals surface area contributed by atoms with Crippen LogP contribution < -0.4 is 9.64 Å². The first kappa shape index (κ1) is 14.5. The lowest BCUT2D eigenvalue weighted by Gasteiger charge is -2.23. The van der Waals surface area contributed by atoms with Gasteiger partial charge in [0.1, 0.15) is 0 Å². The van der Waals surface area contributed by atoms with E-state index in [0.29, 0.717) is 5.75 Å². The number of rotatable bonds is 3. The van der Waals surface area contributed by atoms with Crippen LogP contribution in [-0.2, 0) is 6.42 Å². The van der Waals surface area contributed by atoms with Crippen molar-refractivity contribution in [1.29, 1.82) is 0 Å². The first-order valence-corrected chi connectivity index (χ1v) is 7.50. The van der Waals surface area contributed by atoms with Gasteiger partial charge in [0.2, 0.25) is 0 Å². The Bertz CT molecular complexity index is 853. The van der Waals surface area contributed by atoms with E-state index in [4.69, 9.17) is 4.74 Å². The van der Waals surface area contributed by atoms with Crippen LogP contribution in [0.25, 0.3) is 21.5 Å². The highest BCUT2D eigenvalue weighted by Gasteiger charge is 2.21. The van der Waals surface area contributed by atoms with E-state index in [-0.39, 0.29) is 5.75 Å². The SMILES string of the molecule is CCc1c(N(C)C)c(O)c(OC)c2c1ccc1ccccc12. The maximum atomic E-state index is 10.8. The molecule has 0 aromatic heterocycles. The van der Waals surface area contributed by atoms with Gasteiger partial charge >= 0.3 is 0 Å². The summed E-state index contributed by atoms with van der Waals surface area (Å²) in [5.74, 6) is 0.765. The second-order valence-corrected chi connectivity index (χ2v) is 5.67. The molecule has 0 fully saturated rings. The molecule has 0 saturated heterocycles. The zero-order chi connectivity index (χ0) is 15.9. The number of hydrogen-bond acceptors (Lipinski definition) is 3. The number of hydrogen-bond donors (Lipinski definition) is 1. The monoisotopic (exact) mass is 295 g/mol. The van der Waals surface area contributed by atoms with Gasteiger partial charge in [0.25, 0.3) is 0 Å². The maximum Gasteiger partial charge on any atom is 0.182 e. The molecule has 22 heavy (non-hydrogen) atoms. The Balaban J connectivity index is 2.60. The average molecular weight is 295 g/mol. The molecule has 3 aromatic rings. The minimum atomic E-state index is 0.216. The molecule has 3 nitrogen and oxygen atoms in total. The molecule has 0 spiro atoms. The number of fused-ring (bicyclic) bond motifs is 3. The Morgan fingerprint density at radius 1 is 1.05 bits per heavy atom. The molecule has 3 aromatic carbocycles. The highest BCUT2D eigenvalue weighted by molar-refractivity contribution is 6.14. The maximum absolute atomic E-state index is 10.8. The topological polar surface area (TPSA) is 32.7 Å². The molecule has 0 radical (unpaired) electrons. The summed E-state index contributed by atoms with van der Waals surface area (Å²) in [5, 5.41) is 15.1. The first-order valence-electron chi connectivity index (χ1n) is 7.50. The Hall–Kier alpha value is -2.42. The summed E-state index contributed by atoms with van der Waals surface area (Å²) in [7, 11) is 5.50. The van der Waals surface area contributed by atoms with Crippen molar-refractivity contribution >= 4 is 27.2 Å². The molecule has 114 valence electrons. The van der Waals surface area contributed by atoms with Crippen molar-refractivity contribution in [2.75, 3.05) is 26.1 Å². The van der Waals surface area contributed by atoms with E-state index in [2.05, 4.69) is 31.2 Å². The predicted molar refractivity (Wildman–Crippen MR) is 93.4 cm³/mol. The van der Waals surface area contributed by atoms with Crippen LogP contribution in [0.3, 0.4) is 0 Å². The number of benzene rings is 3. The molecular weight excluding hydrogens is 274 g/mol. The summed E-state index contributed by atoms with van der Waals surface area (Å²) in [6.07, 6.45) is 0.847. The van der Waals surface area contributed by atoms with Gasteiger partial charge in [-0.2, -0.15) is 0 Å². The van der Waals surface area contributed by atoms with Crippen LogP contribution in [0.2, 0.25) is 0 Å². The quantitative estimate of drug-likeness (QED) is 0.730. The van der Waals surface area contributed by atoms with Crippen LogP contribution in [0.5, 0.6) is 11.5 Å². The van der Waals surface area contributed by atoms with Gasteiger partial charge in [0, 0.05) is 19.5 Å². The van der Waals surface area contributed by atoms with E-state index in [9.17, 15) is 5.11 Å². The van der Waals surface area contributed by atoms with E-state index in [0.717, 1.165) is 39.2 Å². The minimum Gasteiger partial charge on any atom is -0.503 e. The lowest BCUT2D eigenvalue weighted by molar-refractivity contribution is 0.378. The predicted octanol–water partition coefficient (Wildman–Crippen LogP) is 4.34. The van der Waals surface area contributed by atoms with Crippen molar-refractivity contribution in [2.24, 2.45) is 0 Å². The van der Waals surface area contributed by atoms with Crippen molar-refractivity contribution < 1.29 is 9.84 Å². The van der Waals surface area contributed by atoms with Crippen LogP contribution in [0.15, 0.2) is 36.4 Å². The third-order valence-electron chi connectivity index (χ3n) is 4.21. The number of aromatic hydroxyl groups is 1. The molecule has 0 aliphatic heterocycles. The fraction of sp³-hybridized carbons (Fsp3) is 0.263. The van der Waals surface area contributed by atoms with E-state index in [1.54, 1.807) is 7.11 Å². The number of methoxy groups -OCH3 is 1. The third-order valence-corrected chi connectivity index (χ3v) is 4.21. The Labute approximate surface area is 130 Å². The van der Waals surface area contributed by atoms with Crippen molar-refractivity contribution in [3.63, 3.8) is 0 Å². The summed E-state index contributed by atoms with van der Waals surface area (Å²) in [5.41, 5.74) is 1.98. The van der Waals surface area contributed by atoms with Gasteiger partial charge in [0.15, 0.2) is 11.5 Å². The van der Waals surface area contributed by atoms with Crippen molar-refractivity contribution in [1.82, 2.24) is 0 Å². The summed E-state index contributed by atoms with van der Waals surface area (Å²) >= 11 is 0. The molecule has 0 unspecified atom stereocenters. The zero-order valence-corrected chi connectivity index (χ0v) is 13.5. The molecule has 0 aliphatic carbocycles. The standard InChI is InChI=1S/C19H21NO2/c1-5-13-15-11-10-12-8-6-7-9-14(12)16(15)19(22-4)18(21)17(13)20(2)3/h6-11,21H,5H2,1-4H3. The van der Waals surface area contributed by atoms with Gasteiger partial charge in [-0.15, -0.1) is 0 Å². The fourth-order valence-electron chi connectivity index (χ4n) is 3.30. The van der Waals surface area contributed by atoms with Crippen molar-refractivity contribution in [2.45, 2.75) is 13.3 Å². The van der Waals surface area contributed by atoms with Crippen molar-refractivity contribution in [3.05, 3.63) is 42.0 Å². The minimum absolute atomic E-state index is 0.216. The lowest BCUT2D eigenvalue weighted by Crippen LogP contribution is -2.12. The van der Waals surface area contributed by atoms with Gasteiger partial charge in [-0.3, -0.25) is 0 Å². The second-order valence-electron chi connectivity index (χ2n) is 5.67. The van der Waals surface area contributed by atoms with E-state index >= 15 is 0 Å². The van der Waals surface area contributed by atoms with Gasteiger partial charge < -0.3 is 14.7 Å². The number of aryl methyl sites for hydroxylation is 1. The third kappa shape index (κ3) is 1.97. The summed E-state index contributed by atoms with van der Waals surface area (Å²) in [4.78, 5) is 1.95. The normalized spacial score (nSPS) is 11.1. The zero-order valence-electron chi connectivity index (χ0n) is 13.5. The molecule has 1 N–H and O–H groups in total. The molecule has 0 amide bonds. The Morgan fingerprint density at radius 3 is 2.41 bits per heavy atom. The average Bonchev–Trinajstić information content (AvgIpc) is 2.53. The largest absolute Gasteiger partial charge is 0.503 e. The van der Waals surface area contributed by atoms with Gasteiger partial charge in [-0.1, -0.05) is 43.3 Å². The molecule has 0 saturated carbocycles. The molecule has 3 rings (SSSR count). The lowest BCUT2D eigenvalue weighted by atomic mass is 9.94. The van der Waals surface area contributed by atoms with Gasteiger partial charge in [-0.05, 0) is 28.1 Å². The van der Waals surface area contributed by atoms with Crippen molar-refractivity contribution in [3.8, 4) is 11.5 Å². The van der Waals surface area contributed by atoms with E-state index in [1.807, 2.05) is 31.1 Å². The van der Waals surface area contributed by atoms with Crippen LogP contribution in [-0.4, -0.2) is 26.3 Å². The summed E-state index contributed by atoms with van der Waals surface area (Å²) in [6.45, 7) is 2.11. The number of nitrogens with zero attached hydrogens (tertiary/aromatic N) is 1. The molecule has 0 bridgehead atoms. The van der Waals surface area contributed by atoms with Crippen LogP contribution in [0.1, 0.15) is 12.5 Å². The second kappa shape index (κ2) is 5.41. The molecule has 0 heterocycles. The van der Waals surface area contributed by atoms with Crippen LogP contribution >= 0.6 is 0 Å². The smallest absolute Gasteiger partial charge is 0.182 e. The fourth-order valence-corrected chi connectivity index (χ4v) is 3.30.